The first-order chi connectivity index (χ1) is 33.8. The van der Waals surface area contributed by atoms with Crippen molar-refractivity contribution in [2.24, 2.45) is 5.92 Å². The lowest BCUT2D eigenvalue weighted by molar-refractivity contribution is -0.142. The number of ether oxygens (including phenoxy) is 1. The Kier molecular flexibility index (Phi) is 15.4. The second kappa shape index (κ2) is 21.9. The molecule has 2 aliphatic rings. The third kappa shape index (κ3) is 11.0. The fourth-order valence-electron chi connectivity index (χ4n) is 8.97. The molecule has 0 bridgehead atoms. The Labute approximate surface area is 407 Å². The summed E-state index contributed by atoms with van der Waals surface area (Å²) < 4.78 is 5.51. The molecule has 0 spiro atoms. The van der Waals surface area contributed by atoms with E-state index in [2.05, 4.69) is 0 Å². The van der Waals surface area contributed by atoms with E-state index in [1.807, 2.05) is 116 Å². The van der Waals surface area contributed by atoms with Gasteiger partial charge in [-0.25, -0.2) is 24.7 Å². The number of fused-ring (bicyclic) bond motifs is 2. The van der Waals surface area contributed by atoms with Crippen LogP contribution in [-0.4, -0.2) is 138 Å². The maximum absolute atomic E-state index is 12.8. The number of carbonyl (C=O) groups excluding carboxylic acids is 2. The molecule has 0 radical (unpaired) electrons. The molecule has 0 aliphatic carbocycles. The summed E-state index contributed by atoms with van der Waals surface area (Å²) in [6.07, 6.45) is -1.04. The van der Waals surface area contributed by atoms with Gasteiger partial charge in [-0.15, -0.1) is 0 Å². The lowest BCUT2D eigenvalue weighted by Crippen LogP contribution is -2.58. The number of aliphatic hydroxyl groups excluding tert-OH is 3. The van der Waals surface area contributed by atoms with Gasteiger partial charge in [-0.3, -0.25) is 4.79 Å². The quantitative estimate of drug-likeness (QED) is 0.0898. The Hall–Kier alpha value is -7.40. The molecule has 2 aromatic heterocycles. The van der Waals surface area contributed by atoms with Crippen LogP contribution < -0.4 is 9.80 Å². The minimum atomic E-state index is -1.04. The van der Waals surface area contributed by atoms with Crippen LogP contribution >= 0.6 is 0 Å². The van der Waals surface area contributed by atoms with E-state index in [4.69, 9.17) is 24.7 Å². The number of aryl methyl sites for hydroxylation is 2. The van der Waals surface area contributed by atoms with Crippen LogP contribution in [0.5, 0.6) is 11.5 Å². The van der Waals surface area contributed by atoms with Crippen LogP contribution in [0, 0.1) is 19.8 Å². The van der Waals surface area contributed by atoms with Crippen molar-refractivity contribution in [1.82, 2.24) is 29.7 Å². The number of nitrogens with zero attached hydrogens (tertiary/aromatic N) is 8. The van der Waals surface area contributed by atoms with E-state index in [9.17, 15) is 35.1 Å². The number of piperazine rings is 2. The number of aromatic hydroxyl groups is 2. The number of para-hydroxylation sites is 2. The van der Waals surface area contributed by atoms with Crippen molar-refractivity contribution in [3.05, 3.63) is 132 Å². The number of aliphatic hydroxyl groups is 3. The Bertz CT molecular complexity index is 2960. The van der Waals surface area contributed by atoms with Crippen molar-refractivity contribution in [3.8, 4) is 34.3 Å². The molecule has 2 amide bonds. The normalized spacial score (nSPS) is 16.6. The maximum Gasteiger partial charge on any atom is 0.410 e. The summed E-state index contributed by atoms with van der Waals surface area (Å²) in [4.78, 5) is 51.9. The fourth-order valence-corrected chi connectivity index (χ4v) is 8.97. The van der Waals surface area contributed by atoms with Gasteiger partial charge < -0.3 is 49.9 Å². The van der Waals surface area contributed by atoms with Gasteiger partial charge >= 0.3 is 6.09 Å². The van der Waals surface area contributed by atoms with Gasteiger partial charge in [0.2, 0.25) is 0 Å². The molecule has 7 aromatic rings. The molecule has 2 saturated heterocycles. The lowest BCUT2D eigenvalue weighted by atomic mass is 10.0. The molecule has 70 heavy (non-hydrogen) atoms. The molecule has 2 fully saturated rings. The summed E-state index contributed by atoms with van der Waals surface area (Å²) in [7, 11) is 0. The molecule has 5 N–H and O–H groups in total. The monoisotopic (exact) mass is 948 g/mol. The van der Waals surface area contributed by atoms with E-state index in [1.165, 1.54) is 0 Å². The van der Waals surface area contributed by atoms with E-state index in [0.717, 1.165) is 38.5 Å². The van der Waals surface area contributed by atoms with Gasteiger partial charge in [-0.2, -0.15) is 0 Å². The van der Waals surface area contributed by atoms with Crippen LogP contribution in [0.2, 0.25) is 0 Å². The predicted molar refractivity (Wildman–Crippen MR) is 269 cm³/mol. The number of phenolic OH excluding ortho intramolecular Hbond substituents is 2. The molecule has 2 aliphatic heterocycles. The average molecular weight is 949 g/mol. The molecule has 16 heteroatoms. The highest BCUT2D eigenvalue weighted by Gasteiger charge is 2.35. The van der Waals surface area contributed by atoms with Crippen LogP contribution in [0.15, 0.2) is 115 Å². The van der Waals surface area contributed by atoms with Crippen molar-refractivity contribution >= 4 is 45.4 Å². The number of carbonyl (C=O) groups is 2. The number of benzene rings is 5. The highest BCUT2D eigenvalue weighted by atomic mass is 16.6. The molecule has 9 rings (SSSR count). The topological polar surface area (TPSA) is 209 Å². The number of hydrogen-bond donors (Lipinski definition) is 5. The summed E-state index contributed by atoms with van der Waals surface area (Å²) >= 11 is 0. The molecule has 4 heterocycles. The number of anilines is 2. The summed E-state index contributed by atoms with van der Waals surface area (Å²) in [6.45, 7) is 10.1. The molecule has 3 atom stereocenters. The van der Waals surface area contributed by atoms with Crippen molar-refractivity contribution in [2.75, 3.05) is 62.3 Å². The minimum absolute atomic E-state index is 0.0914. The third-order valence-corrected chi connectivity index (χ3v) is 12.6. The van der Waals surface area contributed by atoms with Gasteiger partial charge in [0.1, 0.15) is 35.8 Å². The summed E-state index contributed by atoms with van der Waals surface area (Å²) in [5.41, 5.74) is 5.57. The highest BCUT2D eigenvalue weighted by molar-refractivity contribution is 5.93. The first kappa shape index (κ1) is 49.0. The van der Waals surface area contributed by atoms with E-state index >= 15 is 0 Å². The Balaban J connectivity index is 0.000000189. The van der Waals surface area contributed by atoms with Crippen LogP contribution in [0.25, 0.3) is 44.6 Å². The zero-order chi connectivity index (χ0) is 49.5. The molecule has 364 valence electrons. The minimum Gasteiger partial charge on any atom is -0.507 e. The molecular formula is C54H60N8O8. The Morgan fingerprint density at radius 2 is 1.10 bits per heavy atom. The Morgan fingerprint density at radius 3 is 1.59 bits per heavy atom. The zero-order valence-electron chi connectivity index (χ0n) is 39.9. The fraction of sp³-hybridized carbons (Fsp3) is 0.333. The van der Waals surface area contributed by atoms with Gasteiger partial charge in [0, 0.05) is 50.0 Å². The SMILES string of the molecule is Cc1ccc2c(N3CCN(C(=O)OCc4ccccc4)CC3CO)nc(-c3ccccc3O)nc2c1.Cc1ccc2c(N3CCN(C(=O)[C@H](O)CC(C)C)CC3CO)nc(-c3ccccc3O)nc2c1. The van der Waals surface area contributed by atoms with Crippen molar-refractivity contribution in [3.63, 3.8) is 0 Å². The van der Waals surface area contributed by atoms with E-state index < -0.39 is 12.2 Å². The molecular weight excluding hydrogens is 889 g/mol. The van der Waals surface area contributed by atoms with Gasteiger partial charge in [0.25, 0.3) is 5.91 Å². The van der Waals surface area contributed by atoms with Gasteiger partial charge in [0.05, 0.1) is 47.5 Å². The lowest BCUT2D eigenvalue weighted by Gasteiger charge is -2.42. The molecule has 5 aromatic carbocycles. The number of phenols is 2. The van der Waals surface area contributed by atoms with E-state index in [-0.39, 0.29) is 61.8 Å². The van der Waals surface area contributed by atoms with Crippen LogP contribution in [0.3, 0.4) is 0 Å². The first-order valence-corrected chi connectivity index (χ1v) is 23.6. The smallest absolute Gasteiger partial charge is 0.410 e. The standard InChI is InChI=1S/C28H28N4O4.C26H32N4O4/c1-19-11-12-22-24(15-19)29-26(23-9-5-6-10-25(23)34)30-27(22)32-14-13-31(16-21(32)17-33)28(35)36-18-20-7-3-2-4-8-20;1-16(2)12-23(33)26(34)29-10-11-30(18(14-29)15-31)25-19-9-8-17(3)13-21(19)27-24(28-25)20-6-4-5-7-22(20)32/h2-12,15,21,33-34H,13-14,16-18H2,1H3;4-9,13,16,18,23,31-33H,10-12,14-15H2,1-3H3/t;18?,23-/m.1/s1. The largest absolute Gasteiger partial charge is 0.507 e. The highest BCUT2D eigenvalue weighted by Crippen LogP contribution is 2.35. The van der Waals surface area contributed by atoms with Gasteiger partial charge in [-0.05, 0) is 91.4 Å². The van der Waals surface area contributed by atoms with Gasteiger partial charge in [0.15, 0.2) is 11.6 Å². The number of rotatable bonds is 11. The Morgan fingerprint density at radius 1 is 0.629 bits per heavy atom. The van der Waals surface area contributed by atoms with Crippen molar-refractivity contribution in [2.45, 2.75) is 58.9 Å². The average Bonchev–Trinajstić information content (AvgIpc) is 3.37. The molecule has 2 unspecified atom stereocenters. The van der Waals surface area contributed by atoms with Gasteiger partial charge in [-0.1, -0.05) is 80.6 Å². The second-order valence-electron chi connectivity index (χ2n) is 18.3. The van der Waals surface area contributed by atoms with Crippen molar-refractivity contribution < 1.29 is 39.9 Å². The summed E-state index contributed by atoms with van der Waals surface area (Å²) in [5.74, 6) is 2.21. The third-order valence-electron chi connectivity index (χ3n) is 12.6. The van der Waals surface area contributed by atoms with Crippen molar-refractivity contribution in [1.29, 1.82) is 0 Å². The van der Waals surface area contributed by atoms with Crippen LogP contribution in [0.1, 0.15) is 37.0 Å². The number of aromatic nitrogens is 4. The summed E-state index contributed by atoms with van der Waals surface area (Å²) in [6, 6.07) is 34.6. The van der Waals surface area contributed by atoms with E-state index in [0.29, 0.717) is 73.6 Å². The number of hydrogen-bond acceptors (Lipinski definition) is 14. The molecule has 16 nitrogen and oxygen atoms in total. The summed E-state index contributed by atoms with van der Waals surface area (Å²) in [5, 5.41) is 53.3. The predicted octanol–water partition coefficient (Wildman–Crippen LogP) is 6.86. The molecule has 0 saturated carbocycles. The maximum atomic E-state index is 12.8. The first-order valence-electron chi connectivity index (χ1n) is 23.6. The van der Waals surface area contributed by atoms with E-state index in [1.54, 1.807) is 46.2 Å². The van der Waals surface area contributed by atoms with Crippen LogP contribution in [-0.2, 0) is 16.1 Å². The number of amides is 2. The second-order valence-corrected chi connectivity index (χ2v) is 18.3. The van der Waals surface area contributed by atoms with Crippen LogP contribution in [0.4, 0.5) is 16.4 Å². The zero-order valence-corrected chi connectivity index (χ0v) is 39.9.